The van der Waals surface area contributed by atoms with Crippen LogP contribution in [0.4, 0.5) is 0 Å². The summed E-state index contributed by atoms with van der Waals surface area (Å²) in [6.45, 7) is 0.169. The van der Waals surface area contributed by atoms with Crippen LogP contribution in [0.2, 0.25) is 0 Å². The first kappa shape index (κ1) is 12.0. The topological polar surface area (TPSA) is 79.3 Å². The van der Waals surface area contributed by atoms with Crippen LogP contribution in [0.3, 0.4) is 0 Å². The number of amides is 1. The second-order valence-corrected chi connectivity index (χ2v) is 4.86. The van der Waals surface area contributed by atoms with E-state index in [2.05, 4.69) is 26.2 Å². The number of nitrogens with one attached hydrogen (secondary N) is 1. The van der Waals surface area contributed by atoms with Crippen molar-refractivity contribution in [2.24, 2.45) is 5.41 Å². The molecule has 0 atom stereocenters. The summed E-state index contributed by atoms with van der Waals surface area (Å²) in [6, 6.07) is 3.29. The van der Waals surface area contributed by atoms with E-state index in [1.807, 2.05) is 0 Å². The van der Waals surface area contributed by atoms with Gasteiger partial charge in [0.05, 0.1) is 11.0 Å². The quantitative estimate of drug-likeness (QED) is 0.825. The number of carbonyl (C=O) groups excluding carboxylic acids is 1. The van der Waals surface area contributed by atoms with Gasteiger partial charge in [-0.05, 0) is 40.9 Å². The molecule has 0 saturated heterocycles. The third-order valence-electron chi connectivity index (χ3n) is 2.90. The van der Waals surface area contributed by atoms with Crippen LogP contribution in [0.25, 0.3) is 0 Å². The zero-order chi connectivity index (χ0) is 12.5. The molecule has 1 saturated carbocycles. The molecule has 0 unspecified atom stereocenters. The molecular weight excluding hydrogens is 288 g/mol. The highest BCUT2D eigenvalue weighted by atomic mass is 79.9. The average Bonchev–Trinajstić information content (AvgIpc) is 3.07. The van der Waals surface area contributed by atoms with Crippen molar-refractivity contribution in [3.05, 3.63) is 28.5 Å². The average molecular weight is 299 g/mol. The predicted octanol–water partition coefficient (Wildman–Crippen LogP) is 1.44. The Hall–Kier alpha value is -1.43. The third kappa shape index (κ3) is 2.46. The van der Waals surface area contributed by atoms with E-state index in [0.29, 0.717) is 23.0 Å². The van der Waals surface area contributed by atoms with E-state index >= 15 is 0 Å². The number of carboxylic acids is 1. The Morgan fingerprint density at radius 1 is 1.53 bits per heavy atom. The highest BCUT2D eigenvalue weighted by Crippen LogP contribution is 2.45. The van der Waals surface area contributed by atoms with Crippen molar-refractivity contribution in [3.8, 4) is 0 Å². The Labute approximate surface area is 106 Å². The van der Waals surface area contributed by atoms with Crippen LogP contribution in [0, 0.1) is 5.41 Å². The Kier molecular flexibility index (Phi) is 3.15. The number of carbonyl (C=O) groups is 2. The summed E-state index contributed by atoms with van der Waals surface area (Å²) in [5, 5.41) is 11.6. The van der Waals surface area contributed by atoms with Gasteiger partial charge in [0.1, 0.15) is 4.60 Å². The predicted molar refractivity (Wildman–Crippen MR) is 63.6 cm³/mol. The number of aliphatic carboxylic acids is 1. The first-order chi connectivity index (χ1) is 8.05. The summed E-state index contributed by atoms with van der Waals surface area (Å²) in [7, 11) is 0. The van der Waals surface area contributed by atoms with E-state index in [9.17, 15) is 9.59 Å². The van der Waals surface area contributed by atoms with E-state index in [1.54, 1.807) is 18.3 Å². The molecule has 0 aliphatic heterocycles. The van der Waals surface area contributed by atoms with Gasteiger partial charge in [-0.15, -0.1) is 0 Å². The number of hydrogen-bond donors (Lipinski definition) is 2. The number of hydrogen-bond acceptors (Lipinski definition) is 3. The molecule has 1 amide bonds. The van der Waals surface area contributed by atoms with Crippen LogP contribution in [0.5, 0.6) is 0 Å². The van der Waals surface area contributed by atoms with Gasteiger partial charge in [0.25, 0.3) is 5.91 Å². The second-order valence-electron chi connectivity index (χ2n) is 4.11. The Balaban J connectivity index is 1.99. The van der Waals surface area contributed by atoms with Gasteiger partial charge in [-0.3, -0.25) is 9.59 Å². The Morgan fingerprint density at radius 3 is 2.76 bits per heavy atom. The summed E-state index contributed by atoms with van der Waals surface area (Å²) in [6.07, 6.45) is 2.81. The molecule has 0 aromatic carbocycles. The standard InChI is InChI=1S/C11H11BrN2O3/c12-8-7(2-1-5-13-8)9(15)14-6-11(3-4-11)10(16)17/h1-2,5H,3-4,6H2,(H,14,15)(H,16,17). The molecule has 0 bridgehead atoms. The number of carboxylic acid groups (broad SMARTS) is 1. The van der Waals surface area contributed by atoms with Crippen molar-refractivity contribution in [2.75, 3.05) is 6.54 Å². The van der Waals surface area contributed by atoms with Crippen LogP contribution in [0.1, 0.15) is 23.2 Å². The molecule has 1 aromatic heterocycles. The molecule has 2 rings (SSSR count). The lowest BCUT2D eigenvalue weighted by Crippen LogP contribution is -2.34. The van der Waals surface area contributed by atoms with Crippen LogP contribution in [-0.4, -0.2) is 28.5 Å². The minimum atomic E-state index is -0.844. The molecule has 17 heavy (non-hydrogen) atoms. The SMILES string of the molecule is O=C(NCC1(C(=O)O)CC1)c1cccnc1Br. The summed E-state index contributed by atoms with van der Waals surface area (Å²) < 4.78 is 0.456. The first-order valence-corrected chi connectivity index (χ1v) is 5.97. The normalized spacial score (nSPS) is 16.3. The second kappa shape index (κ2) is 4.44. The molecule has 1 aliphatic carbocycles. The van der Waals surface area contributed by atoms with Crippen LogP contribution >= 0.6 is 15.9 Å². The Bertz CT molecular complexity index is 472. The Morgan fingerprint density at radius 2 is 2.24 bits per heavy atom. The number of aromatic nitrogens is 1. The number of rotatable bonds is 4. The van der Waals surface area contributed by atoms with Crippen molar-refractivity contribution in [1.29, 1.82) is 0 Å². The fraction of sp³-hybridized carbons (Fsp3) is 0.364. The minimum absolute atomic E-state index is 0.169. The molecule has 1 fully saturated rings. The first-order valence-electron chi connectivity index (χ1n) is 5.17. The minimum Gasteiger partial charge on any atom is -0.481 e. The van der Waals surface area contributed by atoms with E-state index in [4.69, 9.17) is 5.11 Å². The highest BCUT2D eigenvalue weighted by molar-refractivity contribution is 9.10. The van der Waals surface area contributed by atoms with Crippen molar-refractivity contribution < 1.29 is 14.7 Å². The van der Waals surface area contributed by atoms with Gasteiger partial charge < -0.3 is 10.4 Å². The fourth-order valence-electron chi connectivity index (χ4n) is 1.52. The molecule has 1 aromatic rings. The maximum Gasteiger partial charge on any atom is 0.311 e. The van der Waals surface area contributed by atoms with Gasteiger partial charge in [0.2, 0.25) is 0 Å². The molecule has 0 radical (unpaired) electrons. The zero-order valence-electron chi connectivity index (χ0n) is 8.94. The molecule has 90 valence electrons. The lowest BCUT2D eigenvalue weighted by atomic mass is 10.1. The molecule has 5 nitrogen and oxygen atoms in total. The maximum absolute atomic E-state index is 11.8. The molecule has 1 aliphatic rings. The van der Waals surface area contributed by atoms with Crippen molar-refractivity contribution in [3.63, 3.8) is 0 Å². The van der Waals surface area contributed by atoms with Crippen LogP contribution in [-0.2, 0) is 4.79 Å². The summed E-state index contributed by atoms with van der Waals surface area (Å²) in [5.41, 5.74) is -0.335. The van der Waals surface area contributed by atoms with E-state index in [1.165, 1.54) is 0 Å². The summed E-state index contributed by atoms with van der Waals surface area (Å²) in [5.74, 6) is -1.15. The van der Waals surface area contributed by atoms with E-state index in [-0.39, 0.29) is 12.5 Å². The van der Waals surface area contributed by atoms with Crippen LogP contribution in [0.15, 0.2) is 22.9 Å². The van der Waals surface area contributed by atoms with Gasteiger partial charge in [-0.2, -0.15) is 0 Å². The van der Waals surface area contributed by atoms with Crippen molar-refractivity contribution in [2.45, 2.75) is 12.8 Å². The third-order valence-corrected chi connectivity index (χ3v) is 3.53. The summed E-state index contributed by atoms with van der Waals surface area (Å²) in [4.78, 5) is 26.6. The maximum atomic E-state index is 11.8. The van der Waals surface area contributed by atoms with Gasteiger partial charge in [0.15, 0.2) is 0 Å². The van der Waals surface area contributed by atoms with Gasteiger partial charge >= 0.3 is 5.97 Å². The smallest absolute Gasteiger partial charge is 0.311 e. The number of pyridine rings is 1. The van der Waals surface area contributed by atoms with Crippen molar-refractivity contribution in [1.82, 2.24) is 10.3 Å². The molecule has 2 N–H and O–H groups in total. The molecular formula is C11H11BrN2O3. The van der Waals surface area contributed by atoms with Gasteiger partial charge in [-0.1, -0.05) is 0 Å². The van der Waals surface area contributed by atoms with Gasteiger partial charge in [-0.25, -0.2) is 4.98 Å². The number of nitrogens with zero attached hydrogens (tertiary/aromatic N) is 1. The summed E-state index contributed by atoms with van der Waals surface area (Å²) >= 11 is 3.17. The molecule has 6 heteroatoms. The largest absolute Gasteiger partial charge is 0.481 e. The van der Waals surface area contributed by atoms with Crippen LogP contribution < -0.4 is 5.32 Å². The molecule has 1 heterocycles. The van der Waals surface area contributed by atoms with E-state index < -0.39 is 11.4 Å². The fourth-order valence-corrected chi connectivity index (χ4v) is 1.95. The molecule has 0 spiro atoms. The number of halogens is 1. The van der Waals surface area contributed by atoms with Crippen molar-refractivity contribution >= 4 is 27.8 Å². The highest BCUT2D eigenvalue weighted by Gasteiger charge is 2.50. The lowest BCUT2D eigenvalue weighted by molar-refractivity contribution is -0.143. The lowest BCUT2D eigenvalue weighted by Gasteiger charge is -2.11. The zero-order valence-corrected chi connectivity index (χ0v) is 10.5. The van der Waals surface area contributed by atoms with E-state index in [0.717, 1.165) is 0 Å². The monoisotopic (exact) mass is 298 g/mol. The van der Waals surface area contributed by atoms with Gasteiger partial charge in [0, 0.05) is 12.7 Å².